The number of hydrogen-bond acceptors (Lipinski definition) is 3. The second kappa shape index (κ2) is 7.66. The van der Waals surface area contributed by atoms with Crippen LogP contribution in [-0.2, 0) is 0 Å². The molecule has 1 aliphatic rings. The third-order valence-corrected chi connectivity index (χ3v) is 5.76. The quantitative estimate of drug-likeness (QED) is 0.593. The van der Waals surface area contributed by atoms with Crippen LogP contribution >= 0.6 is 0 Å². The third kappa shape index (κ3) is 3.48. The van der Waals surface area contributed by atoms with Crippen LogP contribution in [0.5, 0.6) is 0 Å². The maximum atomic E-state index is 12.6. The number of nitrogens with zero attached hydrogens (tertiary/aromatic N) is 2. The average Bonchev–Trinajstić information content (AvgIpc) is 3.40. The van der Waals surface area contributed by atoms with Crippen LogP contribution in [0.4, 0.5) is 5.82 Å². The first-order chi connectivity index (χ1) is 13.6. The summed E-state index contributed by atoms with van der Waals surface area (Å²) in [5.41, 5.74) is 2.98. The summed E-state index contributed by atoms with van der Waals surface area (Å²) in [6.45, 7) is 4.29. The second-order valence-electron chi connectivity index (χ2n) is 7.82. The summed E-state index contributed by atoms with van der Waals surface area (Å²) in [6.07, 6.45) is 6.55. The molecule has 0 bridgehead atoms. The molecule has 1 aliphatic carbocycles. The summed E-state index contributed by atoms with van der Waals surface area (Å²) in [5.74, 6) is 0.651. The number of aromatic nitrogens is 4. The van der Waals surface area contributed by atoms with Gasteiger partial charge in [-0.15, -0.1) is 0 Å². The van der Waals surface area contributed by atoms with Gasteiger partial charge in [0.25, 0.3) is 5.91 Å². The Balaban J connectivity index is 1.54. The van der Waals surface area contributed by atoms with Crippen LogP contribution in [0.25, 0.3) is 11.0 Å². The highest BCUT2D eigenvalue weighted by molar-refractivity contribution is 6.05. The molecule has 1 amide bonds. The summed E-state index contributed by atoms with van der Waals surface area (Å²) in [7, 11) is 0. The van der Waals surface area contributed by atoms with E-state index in [4.69, 9.17) is 0 Å². The van der Waals surface area contributed by atoms with Gasteiger partial charge in [0.15, 0.2) is 5.82 Å². The molecular formula is C21H27N5O2. The van der Waals surface area contributed by atoms with Crippen molar-refractivity contribution in [1.29, 1.82) is 0 Å². The molecule has 1 atom stereocenters. The van der Waals surface area contributed by atoms with Gasteiger partial charge in [-0.05, 0) is 43.4 Å². The normalized spacial score (nSPS) is 15.9. The monoisotopic (exact) mass is 381 g/mol. The molecule has 7 heteroatoms. The number of nitrogens with one attached hydrogen (secondary N) is 3. The van der Waals surface area contributed by atoms with Gasteiger partial charge >= 0.3 is 5.69 Å². The summed E-state index contributed by atoms with van der Waals surface area (Å²) < 4.78 is 1.85. The highest BCUT2D eigenvalue weighted by Gasteiger charge is 2.21. The lowest BCUT2D eigenvalue weighted by Gasteiger charge is -2.11. The largest absolute Gasteiger partial charge is 0.326 e. The zero-order chi connectivity index (χ0) is 19.7. The van der Waals surface area contributed by atoms with Crippen molar-refractivity contribution in [2.24, 2.45) is 0 Å². The van der Waals surface area contributed by atoms with Crippen LogP contribution in [0, 0.1) is 0 Å². The van der Waals surface area contributed by atoms with Crippen LogP contribution in [-0.4, -0.2) is 25.7 Å². The highest BCUT2D eigenvalue weighted by Crippen LogP contribution is 2.30. The Kier molecular flexibility index (Phi) is 5.07. The Bertz CT molecular complexity index is 1040. The number of carbonyl (C=O) groups excluding carboxylic acids is 1. The predicted octanol–water partition coefficient (Wildman–Crippen LogP) is 4.32. The van der Waals surface area contributed by atoms with Crippen LogP contribution in [0.3, 0.4) is 0 Å². The number of hydrogen-bond donors (Lipinski definition) is 3. The van der Waals surface area contributed by atoms with Crippen molar-refractivity contribution in [3.63, 3.8) is 0 Å². The van der Waals surface area contributed by atoms with Gasteiger partial charge in [0.2, 0.25) is 0 Å². The van der Waals surface area contributed by atoms with Gasteiger partial charge < -0.3 is 10.3 Å². The Morgan fingerprint density at radius 2 is 2.11 bits per heavy atom. The molecule has 3 N–H and O–H groups in total. The number of carbonyl (C=O) groups is 1. The van der Waals surface area contributed by atoms with E-state index in [1.54, 1.807) is 12.1 Å². The number of fused-ring (bicyclic) bond motifs is 1. The van der Waals surface area contributed by atoms with Gasteiger partial charge in [-0.2, -0.15) is 5.10 Å². The van der Waals surface area contributed by atoms with Crippen molar-refractivity contribution < 1.29 is 4.79 Å². The number of benzene rings is 1. The molecule has 4 rings (SSSR count). The van der Waals surface area contributed by atoms with Crippen molar-refractivity contribution in [1.82, 2.24) is 19.7 Å². The van der Waals surface area contributed by atoms with E-state index in [0.717, 1.165) is 49.7 Å². The molecule has 0 saturated heterocycles. The van der Waals surface area contributed by atoms with Gasteiger partial charge in [-0.25, -0.2) is 4.79 Å². The van der Waals surface area contributed by atoms with Crippen molar-refractivity contribution in [3.8, 4) is 0 Å². The summed E-state index contributed by atoms with van der Waals surface area (Å²) in [4.78, 5) is 28.0. The lowest BCUT2D eigenvalue weighted by molar-refractivity contribution is 0.102. The predicted molar refractivity (Wildman–Crippen MR) is 110 cm³/mol. The molecule has 0 radical (unpaired) electrons. The van der Waals surface area contributed by atoms with Crippen LogP contribution in [0.15, 0.2) is 29.1 Å². The molecule has 1 fully saturated rings. The Morgan fingerprint density at radius 3 is 2.86 bits per heavy atom. The maximum absolute atomic E-state index is 12.6. The Morgan fingerprint density at radius 1 is 1.32 bits per heavy atom. The molecule has 3 aromatic rings. The van der Waals surface area contributed by atoms with E-state index in [2.05, 4.69) is 34.3 Å². The van der Waals surface area contributed by atoms with Crippen molar-refractivity contribution in [2.75, 3.05) is 5.32 Å². The smallest absolute Gasteiger partial charge is 0.306 e. The van der Waals surface area contributed by atoms with Gasteiger partial charge in [0, 0.05) is 23.4 Å². The fourth-order valence-electron chi connectivity index (χ4n) is 4.23. The number of H-pyrrole nitrogens is 2. The average molecular weight is 381 g/mol. The zero-order valence-corrected chi connectivity index (χ0v) is 16.4. The highest BCUT2D eigenvalue weighted by atomic mass is 16.2. The minimum atomic E-state index is -0.238. The first kappa shape index (κ1) is 18.5. The molecule has 1 aromatic carbocycles. The molecule has 0 spiro atoms. The number of imidazole rings is 1. The molecule has 28 heavy (non-hydrogen) atoms. The van der Waals surface area contributed by atoms with E-state index >= 15 is 0 Å². The van der Waals surface area contributed by atoms with Gasteiger partial charge in [-0.3, -0.25) is 14.5 Å². The van der Waals surface area contributed by atoms with E-state index in [-0.39, 0.29) is 17.6 Å². The Labute approximate surface area is 163 Å². The Hall–Kier alpha value is -2.83. The van der Waals surface area contributed by atoms with Crippen molar-refractivity contribution in [2.45, 2.75) is 64.3 Å². The number of aromatic amines is 2. The second-order valence-corrected chi connectivity index (χ2v) is 7.82. The van der Waals surface area contributed by atoms with Crippen molar-refractivity contribution in [3.05, 3.63) is 46.0 Å². The minimum absolute atomic E-state index is 0.0960. The summed E-state index contributed by atoms with van der Waals surface area (Å²) in [6, 6.07) is 7.51. The first-order valence-electron chi connectivity index (χ1n) is 10.2. The maximum Gasteiger partial charge on any atom is 0.326 e. The molecule has 2 aromatic heterocycles. The van der Waals surface area contributed by atoms with Crippen LogP contribution < -0.4 is 11.0 Å². The van der Waals surface area contributed by atoms with Crippen LogP contribution in [0.2, 0.25) is 0 Å². The lowest BCUT2D eigenvalue weighted by atomic mass is 10.0. The minimum Gasteiger partial charge on any atom is -0.306 e. The SMILES string of the molecule is CCCC(C)c1cc(NC(=O)c2ccc3c(c2)[nH]c(=O)n3C2CCCC2)n[nH]1. The van der Waals surface area contributed by atoms with Gasteiger partial charge in [-0.1, -0.05) is 33.1 Å². The third-order valence-electron chi connectivity index (χ3n) is 5.76. The fourth-order valence-corrected chi connectivity index (χ4v) is 4.23. The molecule has 1 unspecified atom stereocenters. The molecular weight excluding hydrogens is 354 g/mol. The van der Waals surface area contributed by atoms with E-state index in [9.17, 15) is 9.59 Å². The lowest BCUT2D eigenvalue weighted by Crippen LogP contribution is -2.20. The summed E-state index contributed by atoms with van der Waals surface area (Å²) >= 11 is 0. The van der Waals surface area contributed by atoms with E-state index in [0.29, 0.717) is 22.8 Å². The molecule has 148 valence electrons. The van der Waals surface area contributed by atoms with Gasteiger partial charge in [0.05, 0.1) is 11.0 Å². The van der Waals surface area contributed by atoms with Gasteiger partial charge in [0.1, 0.15) is 0 Å². The standard InChI is InChI=1S/C21H27N5O2/c1-3-6-13(2)16-12-19(25-24-16)23-20(27)14-9-10-18-17(11-14)22-21(28)26(18)15-7-4-5-8-15/h9-13,15H,3-8H2,1-2H3,(H,22,28)(H2,23,24,25,27). The molecule has 0 aliphatic heterocycles. The molecule has 7 nitrogen and oxygen atoms in total. The number of rotatable bonds is 6. The zero-order valence-electron chi connectivity index (χ0n) is 16.4. The van der Waals surface area contributed by atoms with Crippen molar-refractivity contribution >= 4 is 22.8 Å². The number of anilines is 1. The topological polar surface area (TPSA) is 95.6 Å². The van der Waals surface area contributed by atoms with E-state index in [1.807, 2.05) is 16.7 Å². The van der Waals surface area contributed by atoms with E-state index in [1.165, 1.54) is 0 Å². The summed E-state index contributed by atoms with van der Waals surface area (Å²) in [5, 5.41) is 10.0. The first-order valence-corrected chi connectivity index (χ1v) is 10.2. The molecule has 2 heterocycles. The molecule has 1 saturated carbocycles. The number of amides is 1. The van der Waals surface area contributed by atoms with E-state index < -0.39 is 0 Å². The van der Waals surface area contributed by atoms with Crippen LogP contribution in [0.1, 0.15) is 80.4 Å². The fraction of sp³-hybridized carbons (Fsp3) is 0.476.